The Morgan fingerprint density at radius 1 is 1.19 bits per heavy atom. The van der Waals surface area contributed by atoms with Crippen LogP contribution in [0.2, 0.25) is 0 Å². The van der Waals surface area contributed by atoms with E-state index in [0.29, 0.717) is 37.9 Å². The van der Waals surface area contributed by atoms with Crippen molar-refractivity contribution < 1.29 is 14.3 Å². The maximum absolute atomic E-state index is 12.4. The number of hydrogen-bond acceptors (Lipinski definition) is 5. The van der Waals surface area contributed by atoms with Gasteiger partial charge < -0.3 is 14.4 Å². The predicted octanol–water partition coefficient (Wildman–Crippen LogP) is 2.50. The van der Waals surface area contributed by atoms with Gasteiger partial charge in [-0.3, -0.25) is 9.78 Å². The van der Waals surface area contributed by atoms with E-state index in [0.717, 1.165) is 31.6 Å². The van der Waals surface area contributed by atoms with Crippen LogP contribution < -0.4 is 4.74 Å². The van der Waals surface area contributed by atoms with E-state index in [2.05, 4.69) is 9.97 Å². The van der Waals surface area contributed by atoms with E-state index in [4.69, 9.17) is 9.47 Å². The average molecular weight is 367 g/mol. The molecule has 2 fully saturated rings. The highest BCUT2D eigenvalue weighted by Crippen LogP contribution is 2.38. The lowest BCUT2D eigenvalue weighted by Crippen LogP contribution is -2.66. The zero-order chi connectivity index (χ0) is 18.5. The largest absolute Gasteiger partial charge is 0.478 e. The van der Waals surface area contributed by atoms with Crippen molar-refractivity contribution in [1.29, 1.82) is 0 Å². The first-order chi connectivity index (χ1) is 13.2. The molecule has 0 aromatic carbocycles. The van der Waals surface area contributed by atoms with Crippen LogP contribution in [0.15, 0.2) is 48.8 Å². The van der Waals surface area contributed by atoms with Crippen molar-refractivity contribution >= 4 is 5.91 Å². The Kier molecular flexibility index (Phi) is 5.34. The molecular weight excluding hydrogens is 342 g/mol. The van der Waals surface area contributed by atoms with E-state index in [1.54, 1.807) is 12.4 Å². The van der Waals surface area contributed by atoms with Crippen LogP contribution in [0.1, 0.15) is 25.0 Å². The molecule has 1 spiro atoms. The number of nitrogens with zero attached hydrogens (tertiary/aromatic N) is 3. The molecule has 2 aromatic rings. The van der Waals surface area contributed by atoms with Gasteiger partial charge in [0.15, 0.2) is 0 Å². The summed E-state index contributed by atoms with van der Waals surface area (Å²) in [6, 6.07) is 11.4. The first kappa shape index (κ1) is 17.9. The Bertz CT molecular complexity index is 748. The molecule has 2 aliphatic heterocycles. The number of rotatable bonds is 6. The second-order valence-corrected chi connectivity index (χ2v) is 7.44. The van der Waals surface area contributed by atoms with Gasteiger partial charge in [-0.1, -0.05) is 12.1 Å². The maximum Gasteiger partial charge on any atom is 0.228 e. The van der Waals surface area contributed by atoms with Crippen molar-refractivity contribution in [3.05, 3.63) is 54.5 Å². The van der Waals surface area contributed by atoms with Crippen molar-refractivity contribution in [2.75, 3.05) is 26.3 Å². The van der Waals surface area contributed by atoms with Gasteiger partial charge in [0, 0.05) is 30.8 Å². The lowest BCUT2D eigenvalue weighted by molar-refractivity contribution is -0.188. The molecule has 2 aromatic heterocycles. The van der Waals surface area contributed by atoms with Gasteiger partial charge in [-0.25, -0.2) is 4.98 Å². The second kappa shape index (κ2) is 8.05. The van der Waals surface area contributed by atoms with Gasteiger partial charge in [0.05, 0.1) is 26.1 Å². The van der Waals surface area contributed by atoms with Crippen LogP contribution in [0.4, 0.5) is 0 Å². The number of aromatic nitrogens is 2. The second-order valence-electron chi connectivity index (χ2n) is 7.44. The zero-order valence-corrected chi connectivity index (χ0v) is 15.4. The Balaban J connectivity index is 1.22. The van der Waals surface area contributed by atoms with Crippen molar-refractivity contribution in [2.24, 2.45) is 5.92 Å². The van der Waals surface area contributed by atoms with Crippen molar-refractivity contribution in [2.45, 2.75) is 31.3 Å². The Labute approximate surface area is 159 Å². The molecule has 0 aliphatic carbocycles. The fourth-order valence-corrected chi connectivity index (χ4v) is 3.95. The summed E-state index contributed by atoms with van der Waals surface area (Å²) < 4.78 is 11.8. The van der Waals surface area contributed by atoms with E-state index in [1.165, 1.54) is 0 Å². The molecule has 1 atom stereocenters. The molecule has 2 aliphatic rings. The molecule has 4 heterocycles. The van der Waals surface area contributed by atoms with Crippen LogP contribution in [-0.4, -0.2) is 52.7 Å². The highest BCUT2D eigenvalue weighted by molar-refractivity contribution is 5.79. The number of hydrogen-bond donors (Lipinski definition) is 0. The lowest BCUT2D eigenvalue weighted by atomic mass is 9.79. The van der Waals surface area contributed by atoms with Crippen molar-refractivity contribution in [3.8, 4) is 5.88 Å². The summed E-state index contributed by atoms with van der Waals surface area (Å²) in [6.07, 6.45) is 6.86. The summed E-state index contributed by atoms with van der Waals surface area (Å²) in [6.45, 7) is 2.81. The predicted molar refractivity (Wildman–Crippen MR) is 100 cm³/mol. The fourth-order valence-electron chi connectivity index (χ4n) is 3.95. The number of ether oxygens (including phenoxy) is 2. The van der Waals surface area contributed by atoms with Gasteiger partial charge in [0.2, 0.25) is 11.8 Å². The highest BCUT2D eigenvalue weighted by Gasteiger charge is 2.48. The third-order valence-corrected chi connectivity index (χ3v) is 5.38. The fraction of sp³-hybridized carbons (Fsp3) is 0.476. The molecule has 1 amide bonds. The molecule has 2 saturated heterocycles. The standard InChI is InChI=1S/C21H25N3O3/c25-20(13-18-5-1-3-9-22-18)24-15-21(16-24)14-17(8-12-27-21)7-11-26-19-6-2-4-10-23-19/h1-6,9-10,17H,7-8,11-16H2/t17-/m1/s1. The third-order valence-electron chi connectivity index (χ3n) is 5.38. The minimum Gasteiger partial charge on any atom is -0.478 e. The minimum absolute atomic E-state index is 0.128. The molecule has 0 unspecified atom stereocenters. The van der Waals surface area contributed by atoms with Crippen LogP contribution in [0.25, 0.3) is 0 Å². The van der Waals surface area contributed by atoms with Crippen molar-refractivity contribution in [1.82, 2.24) is 14.9 Å². The van der Waals surface area contributed by atoms with E-state index in [-0.39, 0.29) is 11.5 Å². The third kappa shape index (κ3) is 4.45. The number of carbonyl (C=O) groups is 1. The van der Waals surface area contributed by atoms with Gasteiger partial charge in [-0.2, -0.15) is 0 Å². The number of carbonyl (C=O) groups excluding carboxylic acids is 1. The minimum atomic E-state index is -0.159. The Hall–Kier alpha value is -2.47. The average Bonchev–Trinajstić information content (AvgIpc) is 2.68. The summed E-state index contributed by atoms with van der Waals surface area (Å²) >= 11 is 0. The first-order valence-corrected chi connectivity index (χ1v) is 9.58. The molecule has 0 radical (unpaired) electrons. The molecule has 142 valence electrons. The number of likely N-dealkylation sites (tertiary alicyclic amines) is 1. The summed E-state index contributed by atoms with van der Waals surface area (Å²) in [4.78, 5) is 22.7. The summed E-state index contributed by atoms with van der Waals surface area (Å²) in [7, 11) is 0. The van der Waals surface area contributed by atoms with Crippen LogP contribution in [-0.2, 0) is 16.0 Å². The van der Waals surface area contributed by atoms with Crippen LogP contribution in [0.5, 0.6) is 5.88 Å². The quantitative estimate of drug-likeness (QED) is 0.785. The lowest BCUT2D eigenvalue weighted by Gasteiger charge is -2.53. The molecule has 4 rings (SSSR count). The van der Waals surface area contributed by atoms with E-state index in [9.17, 15) is 4.79 Å². The van der Waals surface area contributed by atoms with Gasteiger partial charge >= 0.3 is 0 Å². The van der Waals surface area contributed by atoms with Gasteiger partial charge in [0.1, 0.15) is 5.60 Å². The molecule has 0 bridgehead atoms. The first-order valence-electron chi connectivity index (χ1n) is 9.58. The molecule has 0 saturated carbocycles. The van der Waals surface area contributed by atoms with E-state index < -0.39 is 0 Å². The molecule has 6 heteroatoms. The van der Waals surface area contributed by atoms with Crippen molar-refractivity contribution in [3.63, 3.8) is 0 Å². The highest BCUT2D eigenvalue weighted by atomic mass is 16.5. The molecule has 0 N–H and O–H groups in total. The van der Waals surface area contributed by atoms with Crippen LogP contribution in [0.3, 0.4) is 0 Å². The molecule has 6 nitrogen and oxygen atoms in total. The van der Waals surface area contributed by atoms with Gasteiger partial charge in [-0.15, -0.1) is 0 Å². The number of pyridine rings is 2. The summed E-state index contributed by atoms with van der Waals surface area (Å²) in [5, 5.41) is 0. The molecule has 27 heavy (non-hydrogen) atoms. The van der Waals surface area contributed by atoms with E-state index >= 15 is 0 Å². The molecular formula is C21H25N3O3. The summed E-state index contributed by atoms with van der Waals surface area (Å²) in [5.74, 6) is 1.37. The Morgan fingerprint density at radius 3 is 2.74 bits per heavy atom. The normalized spacial score (nSPS) is 20.9. The SMILES string of the molecule is O=C(Cc1ccccn1)N1CC2(C[C@H](CCOc3ccccn3)CCO2)C1. The topological polar surface area (TPSA) is 64.6 Å². The summed E-state index contributed by atoms with van der Waals surface area (Å²) in [5.41, 5.74) is 0.658. The monoisotopic (exact) mass is 367 g/mol. The van der Waals surface area contributed by atoms with Gasteiger partial charge in [0.25, 0.3) is 0 Å². The Morgan fingerprint density at radius 2 is 2.00 bits per heavy atom. The van der Waals surface area contributed by atoms with Gasteiger partial charge in [-0.05, 0) is 43.4 Å². The smallest absolute Gasteiger partial charge is 0.228 e. The maximum atomic E-state index is 12.4. The van der Waals surface area contributed by atoms with Crippen LogP contribution in [0, 0.1) is 5.92 Å². The zero-order valence-electron chi connectivity index (χ0n) is 15.4. The van der Waals surface area contributed by atoms with Crippen LogP contribution >= 0.6 is 0 Å². The van der Waals surface area contributed by atoms with E-state index in [1.807, 2.05) is 41.3 Å². The number of amides is 1.